The molecule has 0 unspecified atom stereocenters. The SMILES string of the molecule is COc1ccc(NC(N)=NCc2cccc(CN3CCCCCC3)c2)cc1. The Hall–Kier alpha value is -2.53. The molecule has 3 rings (SSSR count). The fraction of sp³-hybridized carbons (Fsp3) is 0.409. The van der Waals surface area contributed by atoms with Gasteiger partial charge in [-0.3, -0.25) is 4.90 Å². The summed E-state index contributed by atoms with van der Waals surface area (Å²) in [5.41, 5.74) is 9.46. The number of methoxy groups -OCH3 is 1. The normalized spacial score (nSPS) is 16.0. The smallest absolute Gasteiger partial charge is 0.193 e. The third kappa shape index (κ3) is 6.29. The number of guanidine groups is 1. The second-order valence-corrected chi connectivity index (χ2v) is 7.07. The third-order valence-electron chi connectivity index (χ3n) is 4.89. The first-order valence-electron chi connectivity index (χ1n) is 9.74. The molecule has 0 aromatic heterocycles. The second-order valence-electron chi connectivity index (χ2n) is 7.07. The highest BCUT2D eigenvalue weighted by atomic mass is 16.5. The van der Waals surface area contributed by atoms with Crippen molar-refractivity contribution in [3.8, 4) is 5.75 Å². The molecule has 0 amide bonds. The van der Waals surface area contributed by atoms with Crippen LogP contribution in [-0.4, -0.2) is 31.1 Å². The predicted octanol–water partition coefficient (Wildman–Crippen LogP) is 4.00. The lowest BCUT2D eigenvalue weighted by Gasteiger charge is -2.20. The molecule has 0 radical (unpaired) electrons. The molecule has 1 heterocycles. The van der Waals surface area contributed by atoms with Crippen LogP contribution in [0.25, 0.3) is 0 Å². The Labute approximate surface area is 162 Å². The average Bonchev–Trinajstić information content (AvgIpc) is 2.96. The van der Waals surface area contributed by atoms with Gasteiger partial charge in [-0.2, -0.15) is 0 Å². The molecule has 27 heavy (non-hydrogen) atoms. The van der Waals surface area contributed by atoms with E-state index in [1.54, 1.807) is 7.11 Å². The monoisotopic (exact) mass is 366 g/mol. The van der Waals surface area contributed by atoms with Crippen LogP contribution in [0.1, 0.15) is 36.8 Å². The van der Waals surface area contributed by atoms with Gasteiger partial charge in [-0.15, -0.1) is 0 Å². The van der Waals surface area contributed by atoms with Crippen molar-refractivity contribution in [2.45, 2.75) is 38.8 Å². The fourth-order valence-electron chi connectivity index (χ4n) is 3.42. The van der Waals surface area contributed by atoms with Crippen LogP contribution in [0.2, 0.25) is 0 Å². The Morgan fingerprint density at radius 3 is 2.44 bits per heavy atom. The highest BCUT2D eigenvalue weighted by Gasteiger charge is 2.09. The first-order chi connectivity index (χ1) is 13.2. The van der Waals surface area contributed by atoms with Gasteiger partial charge in [0.15, 0.2) is 5.96 Å². The Bertz CT molecular complexity index is 734. The maximum Gasteiger partial charge on any atom is 0.193 e. The van der Waals surface area contributed by atoms with E-state index in [1.165, 1.54) is 49.9 Å². The summed E-state index contributed by atoms with van der Waals surface area (Å²) >= 11 is 0. The number of likely N-dealkylation sites (tertiary alicyclic amines) is 1. The first kappa shape index (κ1) is 19.2. The Kier molecular flexibility index (Phi) is 7.11. The summed E-state index contributed by atoms with van der Waals surface area (Å²) in [5, 5.41) is 3.11. The molecule has 0 saturated carbocycles. The maximum atomic E-state index is 6.03. The lowest BCUT2D eigenvalue weighted by Crippen LogP contribution is -2.24. The van der Waals surface area contributed by atoms with Gasteiger partial charge in [0.25, 0.3) is 0 Å². The van der Waals surface area contributed by atoms with E-state index >= 15 is 0 Å². The van der Waals surface area contributed by atoms with Gasteiger partial charge in [0.05, 0.1) is 13.7 Å². The largest absolute Gasteiger partial charge is 0.497 e. The highest BCUT2D eigenvalue weighted by molar-refractivity contribution is 5.92. The maximum absolute atomic E-state index is 6.03. The van der Waals surface area contributed by atoms with E-state index in [0.717, 1.165) is 18.0 Å². The average molecular weight is 367 g/mol. The van der Waals surface area contributed by atoms with Gasteiger partial charge in [-0.05, 0) is 61.3 Å². The molecule has 0 bridgehead atoms. The molecule has 0 spiro atoms. The van der Waals surface area contributed by atoms with Gasteiger partial charge < -0.3 is 15.8 Å². The number of anilines is 1. The number of hydrogen-bond donors (Lipinski definition) is 2. The molecule has 1 aliphatic heterocycles. The minimum Gasteiger partial charge on any atom is -0.497 e. The minimum absolute atomic E-state index is 0.415. The summed E-state index contributed by atoms with van der Waals surface area (Å²) in [7, 11) is 1.65. The van der Waals surface area contributed by atoms with Crippen LogP contribution in [0.3, 0.4) is 0 Å². The molecule has 1 saturated heterocycles. The minimum atomic E-state index is 0.415. The summed E-state index contributed by atoms with van der Waals surface area (Å²) in [6.45, 7) is 4.02. The van der Waals surface area contributed by atoms with Gasteiger partial charge in [0, 0.05) is 12.2 Å². The zero-order valence-electron chi connectivity index (χ0n) is 16.2. The highest BCUT2D eigenvalue weighted by Crippen LogP contribution is 2.16. The van der Waals surface area contributed by atoms with E-state index in [9.17, 15) is 0 Å². The van der Waals surface area contributed by atoms with Gasteiger partial charge >= 0.3 is 0 Å². The van der Waals surface area contributed by atoms with Gasteiger partial charge in [0.1, 0.15) is 5.75 Å². The summed E-state index contributed by atoms with van der Waals surface area (Å²) < 4.78 is 5.16. The van der Waals surface area contributed by atoms with Crippen molar-refractivity contribution in [1.29, 1.82) is 0 Å². The summed E-state index contributed by atoms with van der Waals surface area (Å²) in [6, 6.07) is 16.3. The van der Waals surface area contributed by atoms with Crippen LogP contribution in [0.15, 0.2) is 53.5 Å². The van der Waals surface area contributed by atoms with Gasteiger partial charge in [-0.25, -0.2) is 4.99 Å². The van der Waals surface area contributed by atoms with E-state index in [2.05, 4.69) is 39.5 Å². The Morgan fingerprint density at radius 2 is 1.74 bits per heavy atom. The first-order valence-corrected chi connectivity index (χ1v) is 9.74. The summed E-state index contributed by atoms with van der Waals surface area (Å²) in [6.07, 6.45) is 5.37. The van der Waals surface area contributed by atoms with Crippen LogP contribution in [0, 0.1) is 0 Å². The van der Waals surface area contributed by atoms with E-state index in [1.807, 2.05) is 24.3 Å². The zero-order valence-corrected chi connectivity index (χ0v) is 16.2. The topological polar surface area (TPSA) is 62.9 Å². The molecule has 144 valence electrons. The third-order valence-corrected chi connectivity index (χ3v) is 4.89. The van der Waals surface area contributed by atoms with Crippen LogP contribution in [0.5, 0.6) is 5.75 Å². The van der Waals surface area contributed by atoms with E-state index in [0.29, 0.717) is 12.5 Å². The fourth-order valence-corrected chi connectivity index (χ4v) is 3.42. The summed E-state index contributed by atoms with van der Waals surface area (Å²) in [4.78, 5) is 7.04. The zero-order chi connectivity index (χ0) is 18.9. The predicted molar refractivity (Wildman–Crippen MR) is 112 cm³/mol. The number of nitrogens with one attached hydrogen (secondary N) is 1. The van der Waals surface area contributed by atoms with Crippen molar-refractivity contribution in [1.82, 2.24) is 4.90 Å². The number of nitrogens with zero attached hydrogens (tertiary/aromatic N) is 2. The number of aliphatic imine (C=N–C) groups is 1. The van der Waals surface area contributed by atoms with Crippen molar-refractivity contribution < 1.29 is 4.74 Å². The van der Waals surface area contributed by atoms with Crippen LogP contribution in [-0.2, 0) is 13.1 Å². The van der Waals surface area contributed by atoms with Crippen molar-refractivity contribution in [3.63, 3.8) is 0 Å². The molecule has 3 N–H and O–H groups in total. The molecular weight excluding hydrogens is 336 g/mol. The molecule has 1 aliphatic rings. The molecule has 5 heteroatoms. The molecule has 2 aromatic rings. The molecule has 0 aliphatic carbocycles. The van der Waals surface area contributed by atoms with E-state index in [4.69, 9.17) is 10.5 Å². The number of ether oxygens (including phenoxy) is 1. The quantitative estimate of drug-likeness (QED) is 0.599. The van der Waals surface area contributed by atoms with Crippen LogP contribution >= 0.6 is 0 Å². The number of rotatable bonds is 6. The molecule has 1 fully saturated rings. The van der Waals surface area contributed by atoms with E-state index < -0.39 is 0 Å². The van der Waals surface area contributed by atoms with E-state index in [-0.39, 0.29) is 0 Å². The van der Waals surface area contributed by atoms with Crippen molar-refractivity contribution in [2.24, 2.45) is 10.7 Å². The number of benzene rings is 2. The lowest BCUT2D eigenvalue weighted by molar-refractivity contribution is 0.277. The van der Waals surface area contributed by atoms with Gasteiger partial charge in [0.2, 0.25) is 0 Å². The standard InChI is InChI=1S/C22H30N4O/c1-27-21-11-9-20(10-12-21)25-22(23)24-16-18-7-6-8-19(15-18)17-26-13-4-2-3-5-14-26/h6-12,15H,2-5,13-14,16-17H2,1H3,(H3,23,24,25). The van der Waals surface area contributed by atoms with Crippen molar-refractivity contribution in [3.05, 3.63) is 59.7 Å². The molecule has 2 aromatic carbocycles. The number of hydrogen-bond acceptors (Lipinski definition) is 3. The Balaban J connectivity index is 1.55. The van der Waals surface area contributed by atoms with Crippen molar-refractivity contribution >= 4 is 11.6 Å². The molecule has 5 nitrogen and oxygen atoms in total. The van der Waals surface area contributed by atoms with Crippen LogP contribution < -0.4 is 15.8 Å². The molecular formula is C22H30N4O. The Morgan fingerprint density at radius 1 is 1.04 bits per heavy atom. The second kappa shape index (κ2) is 9.97. The summed E-state index contributed by atoms with van der Waals surface area (Å²) in [5.74, 6) is 1.23. The lowest BCUT2D eigenvalue weighted by atomic mass is 10.1. The van der Waals surface area contributed by atoms with Gasteiger partial charge in [-0.1, -0.05) is 37.1 Å². The van der Waals surface area contributed by atoms with Crippen LogP contribution in [0.4, 0.5) is 5.69 Å². The number of nitrogens with two attached hydrogens (primary N) is 1. The van der Waals surface area contributed by atoms with Crippen molar-refractivity contribution in [2.75, 3.05) is 25.5 Å². The molecule has 0 atom stereocenters.